The van der Waals surface area contributed by atoms with Gasteiger partial charge in [-0.3, -0.25) is 4.90 Å². The lowest BCUT2D eigenvalue weighted by atomic mass is 10.4. The van der Waals surface area contributed by atoms with Crippen LogP contribution in [0.3, 0.4) is 0 Å². The van der Waals surface area contributed by atoms with E-state index < -0.39 is 0 Å². The highest BCUT2D eigenvalue weighted by Gasteiger charge is 2.13. The van der Waals surface area contributed by atoms with Crippen LogP contribution in [0.2, 0.25) is 0 Å². The van der Waals surface area contributed by atoms with Gasteiger partial charge in [0.05, 0.1) is 4.99 Å². The van der Waals surface area contributed by atoms with Gasteiger partial charge < -0.3 is 10.6 Å². The van der Waals surface area contributed by atoms with E-state index in [2.05, 4.69) is 16.7 Å². The molecule has 1 fully saturated rings. The predicted octanol–water partition coefficient (Wildman–Crippen LogP) is 0.300. The first-order valence-corrected chi connectivity index (χ1v) is 5.36. The van der Waals surface area contributed by atoms with Gasteiger partial charge in [-0.15, -0.1) is 0 Å². The molecule has 0 saturated carbocycles. The average Bonchev–Trinajstić information content (AvgIpc) is 2.29. The molecule has 3 nitrogen and oxygen atoms in total. The largest absolute Gasteiger partial charge is 0.392 e. The Morgan fingerprint density at radius 1 is 1.23 bits per heavy atom. The number of hydrogen-bond acceptors (Lipinski definition) is 3. The fourth-order valence-electron chi connectivity index (χ4n) is 1.72. The molecule has 1 rings (SSSR count). The molecule has 0 aromatic heterocycles. The molecule has 76 valence electrons. The van der Waals surface area contributed by atoms with Crippen LogP contribution in [0.1, 0.15) is 13.3 Å². The minimum Gasteiger partial charge on any atom is -0.392 e. The second kappa shape index (κ2) is 5.52. The number of rotatable bonds is 3. The van der Waals surface area contributed by atoms with Gasteiger partial charge >= 0.3 is 0 Å². The van der Waals surface area contributed by atoms with E-state index in [0.717, 1.165) is 32.7 Å². The summed E-state index contributed by atoms with van der Waals surface area (Å²) in [5.41, 5.74) is 5.52. The maximum atomic E-state index is 5.52. The summed E-state index contributed by atoms with van der Waals surface area (Å²) >= 11 is 4.90. The molecule has 0 bridgehead atoms. The van der Waals surface area contributed by atoms with Crippen LogP contribution in [-0.2, 0) is 0 Å². The molecule has 1 aliphatic rings. The standard InChI is InChI=1S/C9H19N3S/c1-2-11-4-3-5-12(7-6-11)8-9(10)13/h2-8H2,1H3,(H2,10,13). The molecule has 1 aliphatic heterocycles. The normalized spacial score (nSPS) is 21.3. The number of thiocarbonyl (C=S) groups is 1. The van der Waals surface area contributed by atoms with Crippen LogP contribution >= 0.6 is 12.2 Å². The van der Waals surface area contributed by atoms with Gasteiger partial charge in [-0.25, -0.2) is 0 Å². The zero-order chi connectivity index (χ0) is 9.68. The van der Waals surface area contributed by atoms with Gasteiger partial charge in [-0.1, -0.05) is 19.1 Å². The second-order valence-corrected chi connectivity index (χ2v) is 4.05. The molecule has 0 aromatic rings. The highest BCUT2D eigenvalue weighted by Crippen LogP contribution is 2.01. The van der Waals surface area contributed by atoms with Crippen molar-refractivity contribution < 1.29 is 0 Å². The van der Waals surface area contributed by atoms with Crippen molar-refractivity contribution in [3.05, 3.63) is 0 Å². The summed E-state index contributed by atoms with van der Waals surface area (Å²) in [6.45, 7) is 8.75. The van der Waals surface area contributed by atoms with Gasteiger partial charge in [0.2, 0.25) is 0 Å². The minimum absolute atomic E-state index is 0.616. The van der Waals surface area contributed by atoms with Gasteiger partial charge in [0.1, 0.15) is 0 Å². The first-order chi connectivity index (χ1) is 6.22. The van der Waals surface area contributed by atoms with Gasteiger partial charge in [0.15, 0.2) is 0 Å². The third-order valence-corrected chi connectivity index (χ3v) is 2.64. The summed E-state index contributed by atoms with van der Waals surface area (Å²) in [5, 5.41) is 0. The summed E-state index contributed by atoms with van der Waals surface area (Å²) in [6.07, 6.45) is 1.23. The Labute approximate surface area is 85.9 Å². The van der Waals surface area contributed by atoms with Crippen molar-refractivity contribution in [3.8, 4) is 0 Å². The van der Waals surface area contributed by atoms with Crippen LogP contribution in [-0.4, -0.2) is 54.1 Å². The van der Waals surface area contributed by atoms with E-state index >= 15 is 0 Å². The zero-order valence-corrected chi connectivity index (χ0v) is 9.15. The third-order valence-electron chi connectivity index (χ3n) is 2.51. The smallest absolute Gasteiger partial charge is 0.0870 e. The molecule has 4 heteroatoms. The molecular weight excluding hydrogens is 182 g/mol. The summed E-state index contributed by atoms with van der Waals surface area (Å²) < 4.78 is 0. The number of hydrogen-bond donors (Lipinski definition) is 1. The van der Waals surface area contributed by atoms with Crippen LogP contribution in [0, 0.1) is 0 Å². The fourth-order valence-corrected chi connectivity index (χ4v) is 1.90. The van der Waals surface area contributed by atoms with Gasteiger partial charge in [-0.2, -0.15) is 0 Å². The lowest BCUT2D eigenvalue weighted by molar-refractivity contribution is 0.282. The molecule has 0 atom stereocenters. The van der Waals surface area contributed by atoms with Crippen LogP contribution < -0.4 is 5.73 Å². The molecule has 0 amide bonds. The molecule has 1 saturated heterocycles. The van der Waals surface area contributed by atoms with E-state index in [-0.39, 0.29) is 0 Å². The molecular formula is C9H19N3S. The molecule has 13 heavy (non-hydrogen) atoms. The van der Waals surface area contributed by atoms with Crippen LogP contribution in [0.5, 0.6) is 0 Å². The number of nitrogens with two attached hydrogens (primary N) is 1. The van der Waals surface area contributed by atoms with Crippen molar-refractivity contribution in [2.75, 3.05) is 39.3 Å². The maximum absolute atomic E-state index is 5.52. The Kier molecular flexibility index (Phi) is 4.62. The number of likely N-dealkylation sites (N-methyl/N-ethyl adjacent to an activating group) is 1. The Morgan fingerprint density at radius 2 is 1.85 bits per heavy atom. The van der Waals surface area contributed by atoms with E-state index in [1.54, 1.807) is 0 Å². The molecule has 0 aliphatic carbocycles. The van der Waals surface area contributed by atoms with E-state index in [9.17, 15) is 0 Å². The van der Waals surface area contributed by atoms with Crippen molar-refractivity contribution >= 4 is 17.2 Å². The maximum Gasteiger partial charge on any atom is 0.0870 e. The first kappa shape index (κ1) is 10.9. The Bertz CT molecular complexity index is 172. The van der Waals surface area contributed by atoms with Crippen LogP contribution in [0.4, 0.5) is 0 Å². The summed E-state index contributed by atoms with van der Waals surface area (Å²) in [5.74, 6) is 0. The molecule has 0 radical (unpaired) electrons. The van der Waals surface area contributed by atoms with Crippen LogP contribution in [0.15, 0.2) is 0 Å². The third kappa shape index (κ3) is 4.02. The van der Waals surface area contributed by atoms with Crippen molar-refractivity contribution in [2.24, 2.45) is 5.73 Å². The predicted molar refractivity (Wildman–Crippen MR) is 60.0 cm³/mol. The zero-order valence-electron chi connectivity index (χ0n) is 8.33. The molecule has 0 unspecified atom stereocenters. The van der Waals surface area contributed by atoms with E-state index in [4.69, 9.17) is 18.0 Å². The Balaban J connectivity index is 2.31. The first-order valence-electron chi connectivity index (χ1n) is 4.95. The lowest BCUT2D eigenvalue weighted by Gasteiger charge is -2.19. The molecule has 1 heterocycles. The summed E-state index contributed by atoms with van der Waals surface area (Å²) in [4.78, 5) is 5.43. The monoisotopic (exact) mass is 201 g/mol. The van der Waals surface area contributed by atoms with Crippen molar-refractivity contribution in [3.63, 3.8) is 0 Å². The lowest BCUT2D eigenvalue weighted by Crippen LogP contribution is -2.35. The average molecular weight is 201 g/mol. The SMILES string of the molecule is CCN1CCCN(CC(N)=S)CC1. The quantitative estimate of drug-likeness (QED) is 0.666. The topological polar surface area (TPSA) is 32.5 Å². The molecule has 0 aromatic carbocycles. The van der Waals surface area contributed by atoms with E-state index in [0.29, 0.717) is 4.99 Å². The van der Waals surface area contributed by atoms with E-state index in [1.807, 2.05) is 0 Å². The minimum atomic E-state index is 0.616. The van der Waals surface area contributed by atoms with Gasteiger partial charge in [0, 0.05) is 19.6 Å². The van der Waals surface area contributed by atoms with E-state index in [1.165, 1.54) is 13.0 Å². The van der Waals surface area contributed by atoms with Crippen LogP contribution in [0.25, 0.3) is 0 Å². The van der Waals surface area contributed by atoms with Crippen molar-refractivity contribution in [2.45, 2.75) is 13.3 Å². The van der Waals surface area contributed by atoms with Crippen molar-refractivity contribution in [1.82, 2.24) is 9.80 Å². The summed E-state index contributed by atoms with van der Waals surface area (Å²) in [6, 6.07) is 0. The van der Waals surface area contributed by atoms with Crippen molar-refractivity contribution in [1.29, 1.82) is 0 Å². The second-order valence-electron chi connectivity index (χ2n) is 3.53. The van der Waals surface area contributed by atoms with Gasteiger partial charge in [-0.05, 0) is 26.1 Å². The highest BCUT2D eigenvalue weighted by molar-refractivity contribution is 7.80. The summed E-state index contributed by atoms with van der Waals surface area (Å²) in [7, 11) is 0. The highest BCUT2D eigenvalue weighted by atomic mass is 32.1. The number of nitrogens with zero attached hydrogens (tertiary/aromatic N) is 2. The Morgan fingerprint density at radius 3 is 2.46 bits per heavy atom. The Hall–Kier alpha value is -0.190. The fraction of sp³-hybridized carbons (Fsp3) is 0.889. The van der Waals surface area contributed by atoms with Gasteiger partial charge in [0.25, 0.3) is 0 Å². The molecule has 2 N–H and O–H groups in total. The molecule has 0 spiro atoms.